The number of nitrogens with zero attached hydrogens (tertiary/aromatic N) is 1. The molecule has 1 aromatic carbocycles. The Balaban J connectivity index is 2.15. The fraction of sp³-hybridized carbons (Fsp3) is 0.654. The monoisotopic (exact) mass is 621 g/mol. The van der Waals surface area contributed by atoms with Gasteiger partial charge in [0.2, 0.25) is 11.8 Å². The SMILES string of the molecule is COC[C@H](N)C(=O)N[C@H](C(=O)N[C@@H](C(C)C)[C@@H](O)C(F)(F)C(=O)NCCN1CCS(=O)(=O)CC1)c1ccc(OC)cc1. The fourth-order valence-corrected chi connectivity index (χ4v) is 5.51. The summed E-state index contributed by atoms with van der Waals surface area (Å²) < 4.78 is 63.3. The number of benzene rings is 1. The zero-order valence-electron chi connectivity index (χ0n) is 24.1. The number of halogens is 2. The summed E-state index contributed by atoms with van der Waals surface area (Å²) in [5, 5.41) is 17.6. The van der Waals surface area contributed by atoms with E-state index in [1.165, 1.54) is 52.3 Å². The van der Waals surface area contributed by atoms with Gasteiger partial charge in [0.05, 0.1) is 31.3 Å². The van der Waals surface area contributed by atoms with Gasteiger partial charge in [0.25, 0.3) is 5.91 Å². The molecule has 42 heavy (non-hydrogen) atoms. The van der Waals surface area contributed by atoms with E-state index >= 15 is 8.78 Å². The molecular weight excluding hydrogens is 580 g/mol. The van der Waals surface area contributed by atoms with E-state index in [0.29, 0.717) is 5.75 Å². The van der Waals surface area contributed by atoms with Crippen LogP contribution in [-0.4, -0.2) is 119 Å². The minimum atomic E-state index is -4.30. The lowest BCUT2D eigenvalue weighted by Crippen LogP contribution is -2.60. The van der Waals surface area contributed by atoms with Gasteiger partial charge in [0, 0.05) is 33.3 Å². The van der Waals surface area contributed by atoms with E-state index in [1.807, 2.05) is 0 Å². The van der Waals surface area contributed by atoms with Crippen LogP contribution >= 0.6 is 0 Å². The number of nitrogens with two attached hydrogens (primary N) is 1. The van der Waals surface area contributed by atoms with Crippen LogP contribution in [0.25, 0.3) is 0 Å². The molecule has 1 aromatic rings. The maximum atomic E-state index is 15.1. The van der Waals surface area contributed by atoms with Gasteiger partial charge in [-0.25, -0.2) is 8.42 Å². The first-order valence-corrected chi connectivity index (χ1v) is 15.2. The van der Waals surface area contributed by atoms with Crippen molar-refractivity contribution in [3.8, 4) is 5.75 Å². The summed E-state index contributed by atoms with van der Waals surface area (Å²) in [5.41, 5.74) is 6.06. The van der Waals surface area contributed by atoms with Gasteiger partial charge in [0.15, 0.2) is 9.84 Å². The normalized spacial score (nSPS) is 18.4. The quantitative estimate of drug-likeness (QED) is 0.159. The molecule has 0 aliphatic carbocycles. The highest BCUT2D eigenvalue weighted by molar-refractivity contribution is 7.91. The summed E-state index contributed by atoms with van der Waals surface area (Å²) in [6.45, 7) is 3.19. The maximum Gasteiger partial charge on any atom is 0.351 e. The Morgan fingerprint density at radius 1 is 1.07 bits per heavy atom. The van der Waals surface area contributed by atoms with Gasteiger partial charge in [-0.3, -0.25) is 19.3 Å². The Bertz CT molecular complexity index is 1160. The average Bonchev–Trinajstić information content (AvgIpc) is 2.94. The topological polar surface area (TPSA) is 189 Å². The summed E-state index contributed by atoms with van der Waals surface area (Å²) in [4.78, 5) is 40.1. The Morgan fingerprint density at radius 2 is 1.67 bits per heavy atom. The lowest BCUT2D eigenvalue weighted by Gasteiger charge is -2.33. The third-order valence-corrected chi connectivity index (χ3v) is 8.48. The first-order valence-electron chi connectivity index (χ1n) is 13.4. The van der Waals surface area contributed by atoms with E-state index < -0.39 is 63.6 Å². The maximum absolute atomic E-state index is 15.1. The molecule has 238 valence electrons. The number of rotatable bonds is 15. The Kier molecular flexibility index (Phi) is 13.0. The molecule has 2 rings (SSSR count). The minimum Gasteiger partial charge on any atom is -0.497 e. The Morgan fingerprint density at radius 3 is 2.19 bits per heavy atom. The third kappa shape index (κ3) is 9.83. The minimum absolute atomic E-state index is 0.0537. The lowest BCUT2D eigenvalue weighted by molar-refractivity contribution is -0.169. The van der Waals surface area contributed by atoms with Crippen molar-refractivity contribution in [1.29, 1.82) is 0 Å². The predicted octanol–water partition coefficient (Wildman–Crippen LogP) is -1.19. The van der Waals surface area contributed by atoms with Gasteiger partial charge in [-0.2, -0.15) is 8.78 Å². The number of ether oxygens (including phenoxy) is 2. The Labute approximate surface area is 244 Å². The predicted molar refractivity (Wildman–Crippen MR) is 150 cm³/mol. The second kappa shape index (κ2) is 15.5. The number of hydrogen-bond acceptors (Lipinski definition) is 10. The largest absolute Gasteiger partial charge is 0.497 e. The molecule has 0 spiro atoms. The molecule has 3 amide bonds. The van der Waals surface area contributed by atoms with Crippen LogP contribution in [0.1, 0.15) is 25.5 Å². The zero-order valence-corrected chi connectivity index (χ0v) is 25.0. The number of amides is 3. The van der Waals surface area contributed by atoms with Crippen LogP contribution < -0.4 is 26.4 Å². The van der Waals surface area contributed by atoms with Crippen LogP contribution in [0.5, 0.6) is 5.75 Å². The summed E-state index contributed by atoms with van der Waals surface area (Å²) in [6.07, 6.45) is -2.62. The number of nitrogens with one attached hydrogen (secondary N) is 3. The zero-order chi connectivity index (χ0) is 31.7. The van der Waals surface area contributed by atoms with E-state index in [9.17, 15) is 27.9 Å². The van der Waals surface area contributed by atoms with Crippen molar-refractivity contribution in [3.05, 3.63) is 29.8 Å². The number of alkyl halides is 2. The van der Waals surface area contributed by atoms with Crippen LogP contribution in [0.3, 0.4) is 0 Å². The standard InChI is InChI=1S/C26H41F2N5O8S/c1-16(2)20(22(34)26(27,28)25(37)30-9-10-33-11-13-42(38,39)14-12-33)31-24(36)21(32-23(35)19(29)15-40-3)17-5-7-18(41-4)8-6-17/h5-8,16,19-22,34H,9-15,29H2,1-4H3,(H,30,37)(H,31,36)(H,32,35)/t19-,20-,21-,22+/m0/s1. The molecule has 1 aliphatic heterocycles. The van der Waals surface area contributed by atoms with Crippen molar-refractivity contribution < 1.29 is 46.2 Å². The fourth-order valence-electron chi connectivity index (χ4n) is 4.24. The summed E-state index contributed by atoms with van der Waals surface area (Å²) in [6, 6.07) is 1.93. The van der Waals surface area contributed by atoms with Crippen molar-refractivity contribution in [2.24, 2.45) is 11.7 Å². The highest BCUT2D eigenvalue weighted by Crippen LogP contribution is 2.26. The van der Waals surface area contributed by atoms with Crippen molar-refractivity contribution in [1.82, 2.24) is 20.9 Å². The van der Waals surface area contributed by atoms with Crippen molar-refractivity contribution >= 4 is 27.6 Å². The van der Waals surface area contributed by atoms with Gasteiger partial charge < -0.3 is 36.3 Å². The van der Waals surface area contributed by atoms with E-state index in [1.54, 1.807) is 4.90 Å². The molecule has 13 nitrogen and oxygen atoms in total. The average molecular weight is 622 g/mol. The lowest BCUT2D eigenvalue weighted by atomic mass is 9.93. The molecule has 1 saturated heterocycles. The van der Waals surface area contributed by atoms with E-state index in [-0.39, 0.29) is 49.9 Å². The molecule has 6 N–H and O–H groups in total. The number of aliphatic hydroxyl groups excluding tert-OH is 1. The first-order chi connectivity index (χ1) is 19.6. The van der Waals surface area contributed by atoms with Crippen LogP contribution in [0.4, 0.5) is 8.78 Å². The number of hydrogen-bond donors (Lipinski definition) is 5. The molecule has 1 fully saturated rings. The van der Waals surface area contributed by atoms with Crippen molar-refractivity contribution in [3.63, 3.8) is 0 Å². The number of aliphatic hydroxyl groups is 1. The molecule has 0 radical (unpaired) electrons. The first kappa shape index (κ1) is 35.3. The molecule has 4 atom stereocenters. The highest BCUT2D eigenvalue weighted by atomic mass is 32.2. The van der Waals surface area contributed by atoms with Gasteiger partial charge in [-0.05, 0) is 23.6 Å². The van der Waals surface area contributed by atoms with Crippen LogP contribution in [-0.2, 0) is 29.0 Å². The molecule has 0 aromatic heterocycles. The number of methoxy groups -OCH3 is 2. The molecule has 1 aliphatic rings. The summed E-state index contributed by atoms with van der Waals surface area (Å²) in [5.74, 6) is -8.12. The van der Waals surface area contributed by atoms with E-state index in [4.69, 9.17) is 15.2 Å². The summed E-state index contributed by atoms with van der Waals surface area (Å²) >= 11 is 0. The van der Waals surface area contributed by atoms with E-state index in [0.717, 1.165) is 0 Å². The number of carbonyl (C=O) groups excluding carboxylic acids is 3. The second-order valence-corrected chi connectivity index (χ2v) is 12.7. The van der Waals surface area contributed by atoms with E-state index in [2.05, 4.69) is 16.0 Å². The number of sulfone groups is 1. The van der Waals surface area contributed by atoms with Crippen LogP contribution in [0, 0.1) is 5.92 Å². The highest BCUT2D eigenvalue weighted by Gasteiger charge is 2.51. The summed E-state index contributed by atoms with van der Waals surface area (Å²) in [7, 11) is -0.338. The van der Waals surface area contributed by atoms with Crippen LogP contribution in [0.2, 0.25) is 0 Å². The van der Waals surface area contributed by atoms with Gasteiger partial charge in [0.1, 0.15) is 23.9 Å². The molecule has 0 saturated carbocycles. The van der Waals surface area contributed by atoms with Crippen LogP contribution in [0.15, 0.2) is 24.3 Å². The van der Waals surface area contributed by atoms with Gasteiger partial charge in [-0.15, -0.1) is 0 Å². The van der Waals surface area contributed by atoms with Gasteiger partial charge >= 0.3 is 5.92 Å². The molecule has 0 unspecified atom stereocenters. The molecular formula is C26H41F2N5O8S. The van der Waals surface area contributed by atoms with Crippen molar-refractivity contribution in [2.75, 3.05) is 58.5 Å². The molecule has 1 heterocycles. The number of carbonyl (C=O) groups is 3. The third-order valence-electron chi connectivity index (χ3n) is 6.87. The molecule has 0 bridgehead atoms. The second-order valence-electron chi connectivity index (χ2n) is 10.4. The smallest absolute Gasteiger partial charge is 0.351 e. The Hall–Kier alpha value is -2.92. The van der Waals surface area contributed by atoms with Crippen molar-refractivity contribution in [2.45, 2.75) is 44.0 Å². The molecule has 16 heteroatoms. The van der Waals surface area contributed by atoms with Gasteiger partial charge in [-0.1, -0.05) is 26.0 Å².